The van der Waals surface area contributed by atoms with E-state index in [-0.39, 0.29) is 11.4 Å². The van der Waals surface area contributed by atoms with Gasteiger partial charge in [-0.1, -0.05) is 37.6 Å². The number of fused-ring (bicyclic) bond motifs is 1. The number of non-ortho nitro benzene ring substituents is 1. The van der Waals surface area contributed by atoms with Crippen molar-refractivity contribution in [2.75, 3.05) is 23.7 Å². The molecule has 0 aromatic heterocycles. The Morgan fingerprint density at radius 1 is 0.947 bits per heavy atom. The van der Waals surface area contributed by atoms with Gasteiger partial charge >= 0.3 is 0 Å². The molecule has 0 radical (unpaired) electrons. The van der Waals surface area contributed by atoms with Crippen molar-refractivity contribution in [2.24, 2.45) is 5.92 Å². The van der Waals surface area contributed by atoms with E-state index in [1.165, 1.54) is 24.3 Å². The van der Waals surface area contributed by atoms with E-state index in [4.69, 9.17) is 14.3 Å². The molecule has 2 heterocycles. The molecule has 0 bridgehead atoms. The fourth-order valence-electron chi connectivity index (χ4n) is 4.84. The van der Waals surface area contributed by atoms with E-state index in [2.05, 4.69) is 6.92 Å². The lowest BCUT2D eigenvalue weighted by atomic mass is 9.90. The zero-order valence-electron chi connectivity index (χ0n) is 21.0. The first-order chi connectivity index (χ1) is 18.4. The van der Waals surface area contributed by atoms with E-state index in [1.54, 1.807) is 24.3 Å². The zero-order chi connectivity index (χ0) is 26.8. The molecule has 5 rings (SSSR count). The van der Waals surface area contributed by atoms with Crippen LogP contribution in [-0.4, -0.2) is 36.6 Å². The fourth-order valence-corrected chi connectivity index (χ4v) is 4.84. The summed E-state index contributed by atoms with van der Waals surface area (Å²) in [6.07, 6.45) is 0.840. The number of methoxy groups -OCH3 is 1. The number of amides is 2. The lowest BCUT2D eigenvalue weighted by Gasteiger charge is -2.29. The van der Waals surface area contributed by atoms with Crippen LogP contribution in [0.5, 0.6) is 11.5 Å². The van der Waals surface area contributed by atoms with Crippen molar-refractivity contribution < 1.29 is 28.8 Å². The molecule has 196 valence electrons. The van der Waals surface area contributed by atoms with Crippen molar-refractivity contribution in [1.29, 1.82) is 0 Å². The molecule has 0 N–H and O–H groups in total. The van der Waals surface area contributed by atoms with Gasteiger partial charge in [-0.2, -0.15) is 0 Å². The first kappa shape index (κ1) is 25.2. The summed E-state index contributed by atoms with van der Waals surface area (Å²) in [6, 6.07) is 19.4. The van der Waals surface area contributed by atoms with Gasteiger partial charge in [0.1, 0.15) is 5.92 Å². The second-order valence-corrected chi connectivity index (χ2v) is 9.06. The SMILES string of the molecule is CCCCOc1ccc([C@H]2[C@H]3C(=O)N(c4ccc([N+](=O)[O-])cc4)C(=O)[C@H]3ON2c2ccccc2)cc1OC. The Morgan fingerprint density at radius 3 is 2.34 bits per heavy atom. The molecule has 2 aliphatic rings. The van der Waals surface area contributed by atoms with Gasteiger partial charge in [0.05, 0.1) is 36.1 Å². The van der Waals surface area contributed by atoms with Gasteiger partial charge in [-0.3, -0.25) is 24.5 Å². The normalized spacial score (nSPS) is 20.5. The molecule has 0 unspecified atom stereocenters. The van der Waals surface area contributed by atoms with E-state index in [0.717, 1.165) is 17.7 Å². The summed E-state index contributed by atoms with van der Waals surface area (Å²) >= 11 is 0. The highest BCUT2D eigenvalue weighted by atomic mass is 16.7. The first-order valence-electron chi connectivity index (χ1n) is 12.4. The third kappa shape index (κ3) is 4.43. The van der Waals surface area contributed by atoms with Crippen LogP contribution in [0.3, 0.4) is 0 Å². The number of ether oxygens (including phenoxy) is 2. The summed E-state index contributed by atoms with van der Waals surface area (Å²) in [5, 5.41) is 12.7. The quantitative estimate of drug-likeness (QED) is 0.172. The van der Waals surface area contributed by atoms with E-state index in [0.29, 0.717) is 29.4 Å². The number of benzene rings is 3. The van der Waals surface area contributed by atoms with E-state index in [1.807, 2.05) is 36.4 Å². The molecule has 38 heavy (non-hydrogen) atoms. The van der Waals surface area contributed by atoms with Crippen LogP contribution in [0.15, 0.2) is 72.8 Å². The molecule has 2 saturated heterocycles. The molecule has 0 aliphatic carbocycles. The summed E-state index contributed by atoms with van der Waals surface area (Å²) in [7, 11) is 1.55. The number of hydroxylamine groups is 1. The average molecular weight is 518 g/mol. The molecule has 2 fully saturated rings. The predicted octanol–water partition coefficient (Wildman–Crippen LogP) is 4.83. The Morgan fingerprint density at radius 2 is 1.68 bits per heavy atom. The minimum absolute atomic E-state index is 0.134. The van der Waals surface area contributed by atoms with Gasteiger partial charge < -0.3 is 9.47 Å². The maximum absolute atomic E-state index is 13.8. The van der Waals surface area contributed by atoms with Crippen LogP contribution < -0.4 is 19.4 Å². The lowest BCUT2D eigenvalue weighted by Crippen LogP contribution is -2.37. The van der Waals surface area contributed by atoms with Crippen molar-refractivity contribution in [3.63, 3.8) is 0 Å². The molecule has 10 heteroatoms. The van der Waals surface area contributed by atoms with Gasteiger partial charge in [0.2, 0.25) is 5.91 Å². The van der Waals surface area contributed by atoms with Crippen LogP contribution in [-0.2, 0) is 14.4 Å². The second kappa shape index (κ2) is 10.5. The van der Waals surface area contributed by atoms with Crippen LogP contribution in [0, 0.1) is 16.0 Å². The molecule has 3 aromatic rings. The van der Waals surface area contributed by atoms with E-state index in [9.17, 15) is 19.7 Å². The standard InChI is InChI=1S/C28H27N3O7/c1-3-4-16-37-22-15-10-18(17-23(22)36-2)25-24-26(38-30(25)20-8-6-5-7-9-20)28(33)29(27(24)32)19-11-13-21(14-12-19)31(34)35/h5-15,17,24-26H,3-4,16H2,1-2H3/t24-,25+,26+/m1/s1. The van der Waals surface area contributed by atoms with Gasteiger partial charge in [0.15, 0.2) is 17.6 Å². The Kier molecular flexibility index (Phi) is 6.97. The Hall–Kier alpha value is -4.44. The van der Waals surface area contributed by atoms with Crippen LogP contribution in [0.4, 0.5) is 17.1 Å². The summed E-state index contributed by atoms with van der Waals surface area (Å²) < 4.78 is 11.5. The predicted molar refractivity (Wildman–Crippen MR) is 139 cm³/mol. The maximum Gasteiger partial charge on any atom is 0.269 e. The Bertz CT molecular complexity index is 1350. The number of nitro benzene ring substituents is 1. The topological polar surface area (TPSA) is 111 Å². The summed E-state index contributed by atoms with van der Waals surface area (Å²) in [5.41, 5.74) is 1.53. The number of nitrogens with zero attached hydrogens (tertiary/aromatic N) is 3. The molecular formula is C28H27N3O7. The van der Waals surface area contributed by atoms with Crippen LogP contribution in [0.25, 0.3) is 0 Å². The molecule has 0 saturated carbocycles. The molecule has 0 spiro atoms. The van der Waals surface area contributed by atoms with Crippen molar-refractivity contribution in [2.45, 2.75) is 31.9 Å². The first-order valence-corrected chi connectivity index (χ1v) is 12.4. The summed E-state index contributed by atoms with van der Waals surface area (Å²) in [5.74, 6) is -0.718. The Labute approximate surface area is 219 Å². The van der Waals surface area contributed by atoms with Crippen molar-refractivity contribution in [3.8, 4) is 11.5 Å². The van der Waals surface area contributed by atoms with Crippen molar-refractivity contribution >= 4 is 28.9 Å². The minimum atomic E-state index is -1.06. The Balaban J connectivity index is 1.53. The van der Waals surface area contributed by atoms with E-state index >= 15 is 0 Å². The highest BCUT2D eigenvalue weighted by Crippen LogP contribution is 2.48. The number of carbonyl (C=O) groups is 2. The van der Waals surface area contributed by atoms with Crippen molar-refractivity contribution in [1.82, 2.24) is 0 Å². The molecule has 3 atom stereocenters. The third-order valence-electron chi connectivity index (χ3n) is 6.73. The number of hydrogen-bond acceptors (Lipinski definition) is 8. The number of carbonyl (C=O) groups excluding carboxylic acids is 2. The molecule has 2 aliphatic heterocycles. The maximum atomic E-state index is 13.8. The fraction of sp³-hybridized carbons (Fsp3) is 0.286. The minimum Gasteiger partial charge on any atom is -0.493 e. The number of hydrogen-bond donors (Lipinski definition) is 0. The zero-order valence-corrected chi connectivity index (χ0v) is 21.0. The molecule has 10 nitrogen and oxygen atoms in total. The number of rotatable bonds is 9. The van der Waals surface area contributed by atoms with E-state index < -0.39 is 34.8 Å². The smallest absolute Gasteiger partial charge is 0.269 e. The summed E-state index contributed by atoms with van der Waals surface area (Å²) in [6.45, 7) is 2.63. The van der Waals surface area contributed by atoms with Gasteiger partial charge in [-0.25, -0.2) is 9.96 Å². The highest BCUT2D eigenvalue weighted by molar-refractivity contribution is 6.24. The number of nitro groups is 1. The van der Waals surface area contributed by atoms with Crippen LogP contribution in [0.1, 0.15) is 31.4 Å². The second-order valence-electron chi connectivity index (χ2n) is 9.06. The number of para-hydroxylation sites is 1. The van der Waals surface area contributed by atoms with Gasteiger partial charge in [-0.05, 0) is 48.4 Å². The number of imide groups is 1. The highest BCUT2D eigenvalue weighted by Gasteiger charge is 2.60. The van der Waals surface area contributed by atoms with Crippen molar-refractivity contribution in [3.05, 3.63) is 88.5 Å². The van der Waals surface area contributed by atoms with Gasteiger partial charge in [0, 0.05) is 12.1 Å². The number of unbranched alkanes of at least 4 members (excludes halogenated alkanes) is 1. The summed E-state index contributed by atoms with van der Waals surface area (Å²) in [4.78, 5) is 45.0. The van der Waals surface area contributed by atoms with Crippen LogP contribution in [0.2, 0.25) is 0 Å². The molecule has 3 aromatic carbocycles. The van der Waals surface area contributed by atoms with Gasteiger partial charge in [0.25, 0.3) is 11.6 Å². The molecular weight excluding hydrogens is 490 g/mol. The molecule has 2 amide bonds. The monoisotopic (exact) mass is 517 g/mol. The van der Waals surface area contributed by atoms with Gasteiger partial charge in [-0.15, -0.1) is 0 Å². The number of anilines is 2. The lowest BCUT2D eigenvalue weighted by molar-refractivity contribution is -0.384. The largest absolute Gasteiger partial charge is 0.493 e. The van der Waals surface area contributed by atoms with Crippen LogP contribution >= 0.6 is 0 Å². The third-order valence-corrected chi connectivity index (χ3v) is 6.73. The average Bonchev–Trinajstić information content (AvgIpc) is 3.45.